The smallest absolute Gasteiger partial charge is 0.193 e. The lowest BCUT2D eigenvalue weighted by Crippen LogP contribution is -2.52. The van der Waals surface area contributed by atoms with Crippen LogP contribution in [0.4, 0.5) is 0 Å². The Morgan fingerprint density at radius 1 is 1.21 bits per heavy atom. The lowest BCUT2D eigenvalue weighted by atomic mass is 10.1. The van der Waals surface area contributed by atoms with Gasteiger partial charge in [-0.05, 0) is 24.8 Å². The molecule has 1 saturated carbocycles. The predicted molar refractivity (Wildman–Crippen MR) is 112 cm³/mol. The Bertz CT molecular complexity index is 534. The molecule has 1 heterocycles. The van der Waals surface area contributed by atoms with Gasteiger partial charge in [0.25, 0.3) is 0 Å². The first kappa shape index (κ1) is 19.5. The number of halogens is 1. The monoisotopic (exact) mass is 442 g/mol. The van der Waals surface area contributed by atoms with E-state index in [0.717, 1.165) is 51.1 Å². The van der Waals surface area contributed by atoms with E-state index in [1.807, 2.05) is 7.05 Å². The van der Waals surface area contributed by atoms with Crippen molar-refractivity contribution in [3.05, 3.63) is 35.4 Å². The van der Waals surface area contributed by atoms with Crippen molar-refractivity contribution in [3.8, 4) is 0 Å². The Morgan fingerprint density at radius 3 is 2.58 bits per heavy atom. The van der Waals surface area contributed by atoms with Crippen molar-refractivity contribution in [2.45, 2.75) is 32.7 Å². The number of aliphatic imine (C=N–C) groups is 1. The summed E-state index contributed by atoms with van der Waals surface area (Å²) >= 11 is 0. The summed E-state index contributed by atoms with van der Waals surface area (Å²) < 4.78 is 0. The first-order chi connectivity index (χ1) is 11.2. The summed E-state index contributed by atoms with van der Waals surface area (Å²) in [6.07, 6.45) is 4.15. The molecule has 1 saturated heterocycles. The number of nitrogens with one attached hydrogen (secondary N) is 1. The second-order valence-corrected chi connectivity index (χ2v) is 6.96. The second-order valence-electron chi connectivity index (χ2n) is 6.96. The largest absolute Gasteiger partial charge is 0.356 e. The third-order valence-corrected chi connectivity index (χ3v) is 4.90. The fraction of sp³-hybridized carbons (Fsp3) is 0.632. The molecule has 0 amide bonds. The summed E-state index contributed by atoms with van der Waals surface area (Å²) in [4.78, 5) is 9.41. The van der Waals surface area contributed by atoms with Gasteiger partial charge in [0.05, 0.1) is 0 Å². The lowest BCUT2D eigenvalue weighted by molar-refractivity contribution is 0.172. The quantitative estimate of drug-likeness (QED) is 0.432. The van der Waals surface area contributed by atoms with Gasteiger partial charge in [-0.1, -0.05) is 42.7 Å². The molecule has 0 unspecified atom stereocenters. The summed E-state index contributed by atoms with van der Waals surface area (Å²) in [6, 6.07) is 8.85. The van der Waals surface area contributed by atoms with Crippen LogP contribution in [-0.4, -0.2) is 55.5 Å². The molecule has 1 aliphatic carbocycles. The summed E-state index contributed by atoms with van der Waals surface area (Å²) in [7, 11) is 1.90. The number of hydrogen-bond acceptors (Lipinski definition) is 2. The number of nitrogens with zero attached hydrogens (tertiary/aromatic N) is 3. The van der Waals surface area contributed by atoms with Crippen molar-refractivity contribution in [3.63, 3.8) is 0 Å². The van der Waals surface area contributed by atoms with Gasteiger partial charge in [-0.25, -0.2) is 0 Å². The van der Waals surface area contributed by atoms with Gasteiger partial charge >= 0.3 is 0 Å². The minimum absolute atomic E-state index is 0. The summed E-state index contributed by atoms with van der Waals surface area (Å²) in [5, 5.41) is 3.54. The summed E-state index contributed by atoms with van der Waals surface area (Å²) in [5.74, 6) is 2.06. The third-order valence-electron chi connectivity index (χ3n) is 4.90. The van der Waals surface area contributed by atoms with Gasteiger partial charge in [0.1, 0.15) is 0 Å². The van der Waals surface area contributed by atoms with Crippen molar-refractivity contribution in [2.24, 2.45) is 10.9 Å². The molecule has 0 atom stereocenters. The van der Waals surface area contributed by atoms with Crippen LogP contribution in [0.2, 0.25) is 0 Å². The molecule has 0 bridgehead atoms. The van der Waals surface area contributed by atoms with E-state index in [9.17, 15) is 0 Å². The Kier molecular flexibility index (Phi) is 7.81. The molecule has 4 nitrogen and oxygen atoms in total. The van der Waals surface area contributed by atoms with Crippen LogP contribution in [0.3, 0.4) is 0 Å². The topological polar surface area (TPSA) is 30.9 Å². The number of piperazine rings is 1. The second kappa shape index (κ2) is 9.61. The van der Waals surface area contributed by atoms with E-state index in [4.69, 9.17) is 0 Å². The molecule has 134 valence electrons. The third kappa shape index (κ3) is 5.92. The average Bonchev–Trinajstić information content (AvgIpc) is 3.37. The van der Waals surface area contributed by atoms with Gasteiger partial charge in [0, 0.05) is 46.3 Å². The van der Waals surface area contributed by atoms with Crippen molar-refractivity contribution in [1.29, 1.82) is 0 Å². The van der Waals surface area contributed by atoms with E-state index < -0.39 is 0 Å². The zero-order valence-corrected chi connectivity index (χ0v) is 17.3. The Balaban J connectivity index is 0.00000208. The number of hydrogen-bond donors (Lipinski definition) is 1. The molecule has 0 radical (unpaired) electrons. The predicted octanol–water partition coefficient (Wildman–Crippen LogP) is 3.11. The van der Waals surface area contributed by atoms with E-state index in [1.165, 1.54) is 30.4 Å². The number of benzene rings is 1. The van der Waals surface area contributed by atoms with Crippen molar-refractivity contribution in [1.82, 2.24) is 15.1 Å². The molecule has 0 spiro atoms. The maximum absolute atomic E-state index is 4.46. The molecule has 2 aliphatic rings. The lowest BCUT2D eigenvalue weighted by Gasteiger charge is -2.36. The van der Waals surface area contributed by atoms with Crippen LogP contribution in [0.25, 0.3) is 0 Å². The highest BCUT2D eigenvalue weighted by atomic mass is 127. The van der Waals surface area contributed by atoms with Crippen LogP contribution in [0.1, 0.15) is 30.4 Å². The van der Waals surface area contributed by atoms with Crippen molar-refractivity contribution in [2.75, 3.05) is 39.8 Å². The molecule has 1 N–H and O–H groups in total. The molecule has 1 aromatic rings. The number of guanidine groups is 1. The van der Waals surface area contributed by atoms with Crippen LogP contribution in [0, 0.1) is 12.8 Å². The highest BCUT2D eigenvalue weighted by Crippen LogP contribution is 2.31. The van der Waals surface area contributed by atoms with E-state index in [-0.39, 0.29) is 24.0 Å². The van der Waals surface area contributed by atoms with Crippen LogP contribution in [-0.2, 0) is 6.54 Å². The van der Waals surface area contributed by atoms with Gasteiger partial charge in [-0.15, -0.1) is 24.0 Å². The minimum atomic E-state index is 0. The van der Waals surface area contributed by atoms with Gasteiger partial charge in [0.15, 0.2) is 5.96 Å². The van der Waals surface area contributed by atoms with Gasteiger partial charge in [-0.2, -0.15) is 0 Å². The van der Waals surface area contributed by atoms with E-state index in [2.05, 4.69) is 51.3 Å². The first-order valence-electron chi connectivity index (χ1n) is 8.98. The standard InChI is InChI=1S/C19H30N4.HI/c1-16-4-3-5-18(14-16)15-22-10-12-23(13-11-22)19(20-2)21-9-8-17-6-7-17;/h3-5,14,17H,6-13,15H2,1-2H3,(H,20,21);1H. The Labute approximate surface area is 163 Å². The minimum Gasteiger partial charge on any atom is -0.356 e. The highest BCUT2D eigenvalue weighted by molar-refractivity contribution is 14.0. The van der Waals surface area contributed by atoms with E-state index in [0.29, 0.717) is 0 Å². The molecule has 2 fully saturated rings. The molecule has 1 aliphatic heterocycles. The SMILES string of the molecule is CN=C(NCCC1CC1)N1CCN(Cc2cccc(C)c2)CC1.I. The van der Waals surface area contributed by atoms with E-state index >= 15 is 0 Å². The molecule has 0 aromatic heterocycles. The fourth-order valence-corrected chi connectivity index (χ4v) is 3.31. The summed E-state index contributed by atoms with van der Waals surface area (Å²) in [6.45, 7) is 8.64. The zero-order chi connectivity index (χ0) is 16.1. The first-order valence-corrected chi connectivity index (χ1v) is 8.98. The number of rotatable bonds is 5. The molecule has 1 aromatic carbocycles. The summed E-state index contributed by atoms with van der Waals surface area (Å²) in [5.41, 5.74) is 2.77. The highest BCUT2D eigenvalue weighted by Gasteiger charge is 2.22. The van der Waals surface area contributed by atoms with Crippen LogP contribution < -0.4 is 5.32 Å². The van der Waals surface area contributed by atoms with Crippen molar-refractivity contribution >= 4 is 29.9 Å². The maximum atomic E-state index is 4.46. The Hall–Kier alpha value is -0.820. The molecular weight excluding hydrogens is 411 g/mol. The fourth-order valence-electron chi connectivity index (χ4n) is 3.31. The maximum Gasteiger partial charge on any atom is 0.193 e. The normalized spacial score (nSPS) is 19.1. The van der Waals surface area contributed by atoms with Crippen LogP contribution >= 0.6 is 24.0 Å². The molecule has 24 heavy (non-hydrogen) atoms. The van der Waals surface area contributed by atoms with Gasteiger partial charge in [0.2, 0.25) is 0 Å². The van der Waals surface area contributed by atoms with Crippen LogP contribution in [0.5, 0.6) is 0 Å². The Morgan fingerprint density at radius 2 is 1.96 bits per heavy atom. The van der Waals surface area contributed by atoms with Gasteiger partial charge < -0.3 is 10.2 Å². The molecular formula is C19H31IN4. The van der Waals surface area contributed by atoms with Gasteiger partial charge in [-0.3, -0.25) is 9.89 Å². The average molecular weight is 442 g/mol. The number of aryl methyl sites for hydroxylation is 1. The molecule has 3 rings (SSSR count). The van der Waals surface area contributed by atoms with Crippen LogP contribution in [0.15, 0.2) is 29.3 Å². The van der Waals surface area contributed by atoms with E-state index in [1.54, 1.807) is 0 Å². The van der Waals surface area contributed by atoms with Crippen molar-refractivity contribution < 1.29 is 0 Å². The molecule has 5 heteroatoms. The zero-order valence-electron chi connectivity index (χ0n) is 15.0.